The van der Waals surface area contributed by atoms with Crippen LogP contribution in [0.2, 0.25) is 0 Å². The van der Waals surface area contributed by atoms with Gasteiger partial charge in [0.15, 0.2) is 6.29 Å². The summed E-state index contributed by atoms with van der Waals surface area (Å²) in [6, 6.07) is 14.5. The molecule has 0 aromatic heterocycles. The lowest BCUT2D eigenvalue weighted by Crippen LogP contribution is -2.12. The number of aliphatic hydroxyl groups is 2. The number of hydrogen-bond acceptors (Lipinski definition) is 4. The SMILES string of the molecule is C=C(C)C(=O)Oc1c(/C=C/c2ccccc2)cccc1C(O)O. The third-order valence-electron chi connectivity index (χ3n) is 3.15. The van der Waals surface area contributed by atoms with Crippen LogP contribution >= 0.6 is 0 Å². The number of para-hydroxylation sites is 1. The fraction of sp³-hybridized carbons (Fsp3) is 0.105. The molecule has 0 atom stereocenters. The summed E-state index contributed by atoms with van der Waals surface area (Å²) in [6.07, 6.45) is 1.86. The van der Waals surface area contributed by atoms with E-state index in [9.17, 15) is 15.0 Å². The summed E-state index contributed by atoms with van der Waals surface area (Å²) in [7, 11) is 0. The van der Waals surface area contributed by atoms with E-state index in [2.05, 4.69) is 6.58 Å². The van der Waals surface area contributed by atoms with Crippen molar-refractivity contribution in [2.24, 2.45) is 0 Å². The average molecular weight is 310 g/mol. The summed E-state index contributed by atoms with van der Waals surface area (Å²) >= 11 is 0. The Hall–Kier alpha value is -2.69. The molecule has 0 saturated heterocycles. The fourth-order valence-electron chi connectivity index (χ4n) is 1.96. The molecule has 23 heavy (non-hydrogen) atoms. The molecule has 2 aromatic rings. The minimum Gasteiger partial charge on any atom is -0.422 e. The van der Waals surface area contributed by atoms with Gasteiger partial charge in [-0.2, -0.15) is 0 Å². The van der Waals surface area contributed by atoms with Crippen molar-refractivity contribution in [1.29, 1.82) is 0 Å². The van der Waals surface area contributed by atoms with Gasteiger partial charge in [-0.25, -0.2) is 4.79 Å². The van der Waals surface area contributed by atoms with E-state index >= 15 is 0 Å². The zero-order valence-electron chi connectivity index (χ0n) is 12.8. The van der Waals surface area contributed by atoms with Gasteiger partial charge in [-0.1, -0.05) is 67.3 Å². The van der Waals surface area contributed by atoms with Gasteiger partial charge in [-0.15, -0.1) is 0 Å². The van der Waals surface area contributed by atoms with Gasteiger partial charge >= 0.3 is 5.97 Å². The Labute approximate surface area is 135 Å². The highest BCUT2D eigenvalue weighted by Crippen LogP contribution is 2.30. The first-order chi connectivity index (χ1) is 11.0. The van der Waals surface area contributed by atoms with Gasteiger partial charge in [0.1, 0.15) is 5.75 Å². The molecule has 0 aliphatic carbocycles. The highest BCUT2D eigenvalue weighted by molar-refractivity contribution is 5.90. The number of esters is 1. The van der Waals surface area contributed by atoms with Crippen LogP contribution in [0.4, 0.5) is 0 Å². The van der Waals surface area contributed by atoms with Gasteiger partial charge in [0.25, 0.3) is 0 Å². The van der Waals surface area contributed by atoms with Crippen LogP contribution in [-0.4, -0.2) is 16.2 Å². The normalized spacial score (nSPS) is 11.0. The Bertz CT molecular complexity index is 730. The maximum absolute atomic E-state index is 11.8. The van der Waals surface area contributed by atoms with Crippen LogP contribution in [-0.2, 0) is 4.79 Å². The summed E-state index contributed by atoms with van der Waals surface area (Å²) in [5.74, 6) is -0.504. The molecule has 2 N–H and O–H groups in total. The maximum atomic E-state index is 11.8. The molecule has 0 saturated carbocycles. The summed E-state index contributed by atoms with van der Waals surface area (Å²) in [5, 5.41) is 19.0. The first kappa shape index (κ1) is 16.7. The van der Waals surface area contributed by atoms with Crippen LogP contribution in [0.25, 0.3) is 12.2 Å². The second-order valence-corrected chi connectivity index (χ2v) is 5.05. The third-order valence-corrected chi connectivity index (χ3v) is 3.15. The van der Waals surface area contributed by atoms with Gasteiger partial charge in [-0.05, 0) is 12.5 Å². The molecule has 118 valence electrons. The predicted molar refractivity (Wildman–Crippen MR) is 89.4 cm³/mol. The van der Waals surface area contributed by atoms with Crippen molar-refractivity contribution in [3.8, 4) is 5.75 Å². The molecule has 0 unspecified atom stereocenters. The zero-order valence-corrected chi connectivity index (χ0v) is 12.8. The number of rotatable bonds is 5. The van der Waals surface area contributed by atoms with Gasteiger partial charge in [0.2, 0.25) is 0 Å². The van der Waals surface area contributed by atoms with Gasteiger partial charge in [-0.3, -0.25) is 0 Å². The monoisotopic (exact) mass is 310 g/mol. The topological polar surface area (TPSA) is 66.8 Å². The lowest BCUT2D eigenvalue weighted by molar-refractivity contribution is -0.130. The minimum absolute atomic E-state index is 0.114. The molecular weight excluding hydrogens is 292 g/mol. The van der Waals surface area contributed by atoms with E-state index in [1.807, 2.05) is 36.4 Å². The van der Waals surface area contributed by atoms with Crippen LogP contribution < -0.4 is 4.74 Å². The lowest BCUT2D eigenvalue weighted by Gasteiger charge is -2.14. The molecule has 0 heterocycles. The molecule has 0 aliphatic heterocycles. The summed E-state index contributed by atoms with van der Waals surface area (Å²) in [4.78, 5) is 11.8. The number of carbonyl (C=O) groups excluding carboxylic acids is 1. The Balaban J connectivity index is 2.42. The van der Waals surface area contributed by atoms with E-state index in [-0.39, 0.29) is 16.9 Å². The van der Waals surface area contributed by atoms with Crippen molar-refractivity contribution in [2.45, 2.75) is 13.2 Å². The Kier molecular flexibility index (Phi) is 5.46. The molecule has 4 heteroatoms. The van der Waals surface area contributed by atoms with Crippen LogP contribution in [0.5, 0.6) is 5.75 Å². The molecule has 0 amide bonds. The van der Waals surface area contributed by atoms with Crippen LogP contribution in [0.15, 0.2) is 60.7 Å². The van der Waals surface area contributed by atoms with Crippen LogP contribution in [0, 0.1) is 0 Å². The van der Waals surface area contributed by atoms with E-state index in [1.54, 1.807) is 18.2 Å². The van der Waals surface area contributed by atoms with Crippen molar-refractivity contribution in [1.82, 2.24) is 0 Å². The molecule has 0 fully saturated rings. The van der Waals surface area contributed by atoms with Crippen molar-refractivity contribution >= 4 is 18.1 Å². The maximum Gasteiger partial charge on any atom is 0.338 e. The molecule has 0 bridgehead atoms. The Morgan fingerprint density at radius 3 is 2.39 bits per heavy atom. The van der Waals surface area contributed by atoms with E-state index in [1.165, 1.54) is 13.0 Å². The third kappa shape index (κ3) is 4.39. The van der Waals surface area contributed by atoms with Gasteiger partial charge in [0.05, 0.1) is 5.56 Å². The second kappa shape index (κ2) is 7.54. The smallest absolute Gasteiger partial charge is 0.338 e. The number of aliphatic hydroxyl groups excluding tert-OH is 1. The van der Waals surface area contributed by atoms with Crippen molar-refractivity contribution in [2.75, 3.05) is 0 Å². The molecule has 0 radical (unpaired) electrons. The number of carbonyl (C=O) groups is 1. The molecule has 2 rings (SSSR count). The van der Waals surface area contributed by atoms with Crippen LogP contribution in [0.3, 0.4) is 0 Å². The van der Waals surface area contributed by atoms with E-state index in [0.29, 0.717) is 5.56 Å². The molecular formula is C19H18O4. The van der Waals surface area contributed by atoms with Crippen molar-refractivity contribution in [3.63, 3.8) is 0 Å². The second-order valence-electron chi connectivity index (χ2n) is 5.05. The van der Waals surface area contributed by atoms with E-state index in [0.717, 1.165) is 5.56 Å². The first-order valence-corrected chi connectivity index (χ1v) is 7.09. The summed E-state index contributed by atoms with van der Waals surface area (Å²) in [5.41, 5.74) is 1.88. The Morgan fingerprint density at radius 1 is 1.09 bits per heavy atom. The highest BCUT2D eigenvalue weighted by Gasteiger charge is 2.17. The van der Waals surface area contributed by atoms with E-state index < -0.39 is 12.3 Å². The minimum atomic E-state index is -1.74. The van der Waals surface area contributed by atoms with Crippen molar-refractivity contribution in [3.05, 3.63) is 77.4 Å². The van der Waals surface area contributed by atoms with Gasteiger partial charge < -0.3 is 14.9 Å². The first-order valence-electron chi connectivity index (χ1n) is 7.09. The Morgan fingerprint density at radius 2 is 1.78 bits per heavy atom. The summed E-state index contributed by atoms with van der Waals surface area (Å²) in [6.45, 7) is 5.06. The van der Waals surface area contributed by atoms with Crippen molar-refractivity contribution < 1.29 is 19.7 Å². The van der Waals surface area contributed by atoms with Crippen LogP contribution in [0.1, 0.15) is 29.9 Å². The van der Waals surface area contributed by atoms with E-state index in [4.69, 9.17) is 4.74 Å². The number of benzene rings is 2. The number of hydrogen-bond donors (Lipinski definition) is 2. The molecule has 2 aromatic carbocycles. The predicted octanol–water partition coefficient (Wildman–Crippen LogP) is 3.32. The average Bonchev–Trinajstić information content (AvgIpc) is 2.54. The number of ether oxygens (including phenoxy) is 1. The highest BCUT2D eigenvalue weighted by atomic mass is 16.5. The quantitative estimate of drug-likeness (QED) is 0.292. The molecule has 4 nitrogen and oxygen atoms in total. The molecule has 0 aliphatic rings. The standard InChI is InChI=1S/C19H18O4/c1-13(2)19(22)23-17-15(9-6-10-16(17)18(20)21)12-11-14-7-4-3-5-8-14/h3-12,18,20-21H,1H2,2H3/b12-11+. The largest absolute Gasteiger partial charge is 0.422 e. The zero-order chi connectivity index (χ0) is 16.8. The summed E-state index contributed by atoms with van der Waals surface area (Å²) < 4.78 is 5.28. The lowest BCUT2D eigenvalue weighted by atomic mass is 10.1. The fourth-order valence-corrected chi connectivity index (χ4v) is 1.96. The van der Waals surface area contributed by atoms with Gasteiger partial charge in [0, 0.05) is 11.1 Å². The molecule has 0 spiro atoms.